The van der Waals surface area contributed by atoms with E-state index in [1.807, 2.05) is 19.9 Å². The smallest absolute Gasteiger partial charge is 0.126 e. The molecule has 1 heterocycles. The molecule has 1 unspecified atom stereocenters. The van der Waals surface area contributed by atoms with Gasteiger partial charge in [-0.05, 0) is 44.7 Å². The first-order chi connectivity index (χ1) is 8.02. The fraction of sp³-hybridized carbons (Fsp3) is 0.571. The molecule has 3 nitrogen and oxygen atoms in total. The second kappa shape index (κ2) is 3.39. The van der Waals surface area contributed by atoms with Crippen LogP contribution in [0.2, 0.25) is 0 Å². The van der Waals surface area contributed by atoms with Gasteiger partial charge in [-0.2, -0.15) is 0 Å². The number of aliphatic hydroxyl groups is 1. The minimum atomic E-state index is -0.509. The molecule has 1 aliphatic carbocycles. The summed E-state index contributed by atoms with van der Waals surface area (Å²) < 4.78 is 6.07. The minimum Gasteiger partial charge on any atom is -0.507 e. The highest BCUT2D eigenvalue weighted by atomic mass is 16.5. The number of aromatic hydroxyl groups is 1. The quantitative estimate of drug-likeness (QED) is 0.725. The van der Waals surface area contributed by atoms with Gasteiger partial charge in [0, 0.05) is 17.5 Å². The van der Waals surface area contributed by atoms with E-state index in [0.29, 0.717) is 6.42 Å². The Hall–Kier alpha value is -1.22. The fourth-order valence-corrected chi connectivity index (χ4v) is 3.06. The highest BCUT2D eigenvalue weighted by molar-refractivity contribution is 5.54. The number of ether oxygens (including phenoxy) is 1. The molecule has 2 N–H and O–H groups in total. The number of hydrogen-bond acceptors (Lipinski definition) is 3. The van der Waals surface area contributed by atoms with Gasteiger partial charge in [0.05, 0.1) is 6.10 Å². The van der Waals surface area contributed by atoms with Crippen molar-refractivity contribution in [3.8, 4) is 11.5 Å². The standard InChI is InChI=1S/C14H18O3/c1-8-6-11-12(9(2)13(8)16)10(15)7-14(17-11)4-3-5-14/h6,10,15-16H,3-5,7H2,1-2H3. The fourth-order valence-electron chi connectivity index (χ4n) is 3.06. The topological polar surface area (TPSA) is 49.7 Å². The highest BCUT2D eigenvalue weighted by Gasteiger charge is 2.45. The first kappa shape index (κ1) is 10.9. The second-order valence-corrected chi connectivity index (χ2v) is 5.44. The van der Waals surface area contributed by atoms with Gasteiger partial charge in [0.1, 0.15) is 17.1 Å². The van der Waals surface area contributed by atoms with E-state index >= 15 is 0 Å². The SMILES string of the molecule is Cc1cc2c(c(C)c1O)C(O)CC1(CCC1)O2. The van der Waals surface area contributed by atoms with Crippen molar-refractivity contribution in [1.82, 2.24) is 0 Å². The van der Waals surface area contributed by atoms with E-state index in [2.05, 4.69) is 0 Å². The van der Waals surface area contributed by atoms with Gasteiger partial charge < -0.3 is 14.9 Å². The van der Waals surface area contributed by atoms with Crippen LogP contribution in [-0.2, 0) is 0 Å². The van der Waals surface area contributed by atoms with Crippen LogP contribution in [0, 0.1) is 13.8 Å². The molecule has 1 atom stereocenters. The van der Waals surface area contributed by atoms with Crippen LogP contribution >= 0.6 is 0 Å². The van der Waals surface area contributed by atoms with Crippen LogP contribution in [0.1, 0.15) is 48.5 Å². The maximum absolute atomic E-state index is 10.3. The summed E-state index contributed by atoms with van der Waals surface area (Å²) in [5.41, 5.74) is 2.19. The summed E-state index contributed by atoms with van der Waals surface area (Å²) in [6.45, 7) is 3.70. The molecule has 92 valence electrons. The van der Waals surface area contributed by atoms with Crippen molar-refractivity contribution in [2.75, 3.05) is 0 Å². The molecule has 0 radical (unpaired) electrons. The molecule has 0 aromatic heterocycles. The largest absolute Gasteiger partial charge is 0.507 e. The third-order valence-electron chi connectivity index (χ3n) is 4.24. The Morgan fingerprint density at radius 1 is 1.35 bits per heavy atom. The number of benzene rings is 1. The molecule has 0 bridgehead atoms. The average molecular weight is 234 g/mol. The Bertz CT molecular complexity index is 475. The van der Waals surface area contributed by atoms with Crippen LogP contribution in [-0.4, -0.2) is 15.8 Å². The van der Waals surface area contributed by atoms with Gasteiger partial charge in [0.2, 0.25) is 0 Å². The van der Waals surface area contributed by atoms with E-state index in [9.17, 15) is 10.2 Å². The summed E-state index contributed by atoms with van der Waals surface area (Å²) in [5, 5.41) is 20.2. The van der Waals surface area contributed by atoms with Crippen LogP contribution in [0.5, 0.6) is 11.5 Å². The molecule has 1 aliphatic heterocycles. The molecule has 1 aromatic carbocycles. The van der Waals surface area contributed by atoms with Gasteiger partial charge in [-0.15, -0.1) is 0 Å². The van der Waals surface area contributed by atoms with Crippen LogP contribution in [0.15, 0.2) is 6.07 Å². The van der Waals surface area contributed by atoms with Gasteiger partial charge in [0.25, 0.3) is 0 Å². The predicted molar refractivity (Wildman–Crippen MR) is 64.4 cm³/mol. The Morgan fingerprint density at radius 3 is 2.65 bits per heavy atom. The summed E-state index contributed by atoms with van der Waals surface area (Å²) in [5.74, 6) is 1.03. The zero-order chi connectivity index (χ0) is 12.2. The van der Waals surface area contributed by atoms with Crippen molar-refractivity contribution in [2.24, 2.45) is 0 Å². The number of hydrogen-bond donors (Lipinski definition) is 2. The molecule has 3 rings (SSSR count). The molecular formula is C14H18O3. The molecule has 17 heavy (non-hydrogen) atoms. The normalized spacial score (nSPS) is 25.0. The molecular weight excluding hydrogens is 216 g/mol. The summed E-state index contributed by atoms with van der Waals surface area (Å²) in [4.78, 5) is 0. The van der Waals surface area contributed by atoms with Crippen molar-refractivity contribution < 1.29 is 14.9 Å². The molecule has 0 amide bonds. The van der Waals surface area contributed by atoms with E-state index < -0.39 is 6.10 Å². The summed E-state index contributed by atoms with van der Waals surface area (Å²) in [6, 6.07) is 1.85. The number of phenolic OH excluding ortho intramolecular Hbond substituents is 1. The van der Waals surface area contributed by atoms with Gasteiger partial charge in [-0.3, -0.25) is 0 Å². The number of aliphatic hydroxyl groups excluding tert-OH is 1. The van der Waals surface area contributed by atoms with Gasteiger partial charge in [-0.25, -0.2) is 0 Å². The molecule has 0 saturated heterocycles. The number of fused-ring (bicyclic) bond motifs is 1. The first-order valence-electron chi connectivity index (χ1n) is 6.22. The monoisotopic (exact) mass is 234 g/mol. The van der Waals surface area contributed by atoms with Crippen LogP contribution in [0.3, 0.4) is 0 Å². The Kier molecular flexibility index (Phi) is 2.17. The molecule has 2 aliphatic rings. The lowest BCUT2D eigenvalue weighted by atomic mass is 9.73. The second-order valence-electron chi connectivity index (χ2n) is 5.44. The number of phenols is 1. The van der Waals surface area contributed by atoms with Crippen molar-refractivity contribution in [3.63, 3.8) is 0 Å². The molecule has 1 spiro atoms. The van der Waals surface area contributed by atoms with Crippen molar-refractivity contribution in [2.45, 2.75) is 51.2 Å². The summed E-state index contributed by atoms with van der Waals surface area (Å²) in [6.07, 6.45) is 3.39. The zero-order valence-corrected chi connectivity index (χ0v) is 10.3. The average Bonchev–Trinajstić information content (AvgIpc) is 2.23. The maximum atomic E-state index is 10.3. The van der Waals surface area contributed by atoms with E-state index in [0.717, 1.165) is 35.3 Å². The van der Waals surface area contributed by atoms with Gasteiger partial charge in [-0.1, -0.05) is 0 Å². The highest BCUT2D eigenvalue weighted by Crippen LogP contribution is 2.51. The lowest BCUT2D eigenvalue weighted by Crippen LogP contribution is -2.47. The van der Waals surface area contributed by atoms with Gasteiger partial charge >= 0.3 is 0 Å². The van der Waals surface area contributed by atoms with Crippen LogP contribution in [0.4, 0.5) is 0 Å². The number of rotatable bonds is 0. The third-order valence-corrected chi connectivity index (χ3v) is 4.24. The molecule has 1 aromatic rings. The van der Waals surface area contributed by atoms with Crippen LogP contribution in [0.25, 0.3) is 0 Å². The molecule has 1 fully saturated rings. The Balaban J connectivity index is 2.11. The van der Waals surface area contributed by atoms with E-state index in [1.54, 1.807) is 0 Å². The van der Waals surface area contributed by atoms with Crippen LogP contribution < -0.4 is 4.74 Å². The van der Waals surface area contributed by atoms with E-state index in [1.165, 1.54) is 6.42 Å². The lowest BCUT2D eigenvalue weighted by molar-refractivity contribution is -0.0667. The van der Waals surface area contributed by atoms with Crippen molar-refractivity contribution in [1.29, 1.82) is 0 Å². The lowest BCUT2D eigenvalue weighted by Gasteiger charge is -2.47. The minimum absolute atomic E-state index is 0.137. The zero-order valence-electron chi connectivity index (χ0n) is 10.3. The molecule has 1 saturated carbocycles. The Labute approximate surface area is 101 Å². The first-order valence-corrected chi connectivity index (χ1v) is 6.22. The van der Waals surface area contributed by atoms with E-state index in [4.69, 9.17) is 4.74 Å². The van der Waals surface area contributed by atoms with Crippen molar-refractivity contribution in [3.05, 3.63) is 22.8 Å². The third kappa shape index (κ3) is 1.45. The summed E-state index contributed by atoms with van der Waals surface area (Å²) >= 11 is 0. The molecule has 3 heteroatoms. The Morgan fingerprint density at radius 2 is 2.06 bits per heavy atom. The van der Waals surface area contributed by atoms with E-state index in [-0.39, 0.29) is 11.4 Å². The maximum Gasteiger partial charge on any atom is 0.126 e. The van der Waals surface area contributed by atoms with Gasteiger partial charge in [0.15, 0.2) is 0 Å². The number of aryl methyl sites for hydroxylation is 1. The predicted octanol–water partition coefficient (Wildman–Crippen LogP) is 2.75. The summed E-state index contributed by atoms with van der Waals surface area (Å²) in [7, 11) is 0. The van der Waals surface area contributed by atoms with Crippen molar-refractivity contribution >= 4 is 0 Å².